The van der Waals surface area contributed by atoms with Gasteiger partial charge in [0.15, 0.2) is 11.5 Å². The molecule has 2 aromatic carbocycles. The van der Waals surface area contributed by atoms with Crippen LogP contribution in [-0.2, 0) is 11.3 Å². The van der Waals surface area contributed by atoms with E-state index < -0.39 is 8.07 Å². The van der Waals surface area contributed by atoms with Gasteiger partial charge in [0.2, 0.25) is 5.13 Å². The molecule has 0 radical (unpaired) electrons. The number of hydrogen-bond acceptors (Lipinski definition) is 9. The fourth-order valence-corrected chi connectivity index (χ4v) is 7.20. The van der Waals surface area contributed by atoms with Crippen LogP contribution in [0.15, 0.2) is 72.9 Å². The molecule has 0 spiro atoms. The highest BCUT2D eigenvalue weighted by Crippen LogP contribution is 2.39. The number of nitrogens with zero attached hydrogens (tertiary/aromatic N) is 5. The Morgan fingerprint density at radius 2 is 1.71 bits per heavy atom. The summed E-state index contributed by atoms with van der Waals surface area (Å²) < 4.78 is 18.0. The number of anilines is 2. The van der Waals surface area contributed by atoms with Crippen molar-refractivity contribution in [2.24, 2.45) is 0 Å². The number of fused-ring (bicyclic) bond motifs is 1. The molecule has 8 nitrogen and oxygen atoms in total. The minimum absolute atomic E-state index is 0.372. The summed E-state index contributed by atoms with van der Waals surface area (Å²) >= 11 is 1.66. The van der Waals surface area contributed by atoms with Gasteiger partial charge in [-0.3, -0.25) is 9.88 Å². The van der Waals surface area contributed by atoms with Crippen molar-refractivity contribution in [3.8, 4) is 22.6 Å². The summed E-state index contributed by atoms with van der Waals surface area (Å²) in [5.74, 6) is 2.64. The zero-order valence-corrected chi connectivity index (χ0v) is 28.3. The minimum atomic E-state index is -1.22. The van der Waals surface area contributed by atoms with Crippen molar-refractivity contribution in [3.63, 3.8) is 0 Å². The first-order chi connectivity index (χ1) is 21.9. The highest BCUT2D eigenvalue weighted by Gasteiger charge is 2.24. The standard InChI is InChI=1S/C35H41N5O3SSi/c1-41-32-21-27(14-16-31(32)43-23-25-10-6-5-7-11-25)28-20-30-29(36-22-28)15-17-33(37-30)40(24-42-18-19-45(2,3)4)35-39-38-34(44-35)26-12-8-9-13-26/h5-7,10-11,14-17,20-22,26H,8-9,12-13,18-19,23-24H2,1-4H3. The molecule has 0 bridgehead atoms. The van der Waals surface area contributed by atoms with Gasteiger partial charge < -0.3 is 14.2 Å². The summed E-state index contributed by atoms with van der Waals surface area (Å²) in [7, 11) is 0.443. The van der Waals surface area contributed by atoms with Crippen LogP contribution in [0.3, 0.4) is 0 Å². The van der Waals surface area contributed by atoms with E-state index in [0.29, 0.717) is 37.4 Å². The first kappa shape index (κ1) is 31.1. The Morgan fingerprint density at radius 1 is 0.889 bits per heavy atom. The lowest BCUT2D eigenvalue weighted by molar-refractivity contribution is 0.153. The van der Waals surface area contributed by atoms with E-state index in [1.54, 1.807) is 18.4 Å². The molecule has 0 amide bonds. The molecule has 1 aliphatic rings. The monoisotopic (exact) mass is 639 g/mol. The van der Waals surface area contributed by atoms with Gasteiger partial charge in [-0.2, -0.15) is 0 Å². The van der Waals surface area contributed by atoms with Crippen molar-refractivity contribution in [1.82, 2.24) is 20.2 Å². The topological polar surface area (TPSA) is 82.5 Å². The Kier molecular flexibility index (Phi) is 9.72. The van der Waals surface area contributed by atoms with Crippen LogP contribution in [0.5, 0.6) is 11.5 Å². The van der Waals surface area contributed by atoms with E-state index in [4.69, 9.17) is 24.2 Å². The minimum Gasteiger partial charge on any atom is -0.493 e. The van der Waals surface area contributed by atoms with E-state index in [2.05, 4.69) is 35.9 Å². The number of hydrogen-bond donors (Lipinski definition) is 0. The number of pyridine rings is 2. The molecule has 0 unspecified atom stereocenters. The van der Waals surface area contributed by atoms with Gasteiger partial charge in [0.25, 0.3) is 0 Å². The Labute approximate surface area is 270 Å². The second-order valence-corrected chi connectivity index (χ2v) is 19.4. The molecule has 1 fully saturated rings. The third kappa shape index (κ3) is 7.87. The van der Waals surface area contributed by atoms with E-state index in [1.807, 2.05) is 71.8 Å². The quantitative estimate of drug-likeness (QED) is 0.0718. The number of methoxy groups -OCH3 is 1. The summed E-state index contributed by atoms with van der Waals surface area (Å²) in [4.78, 5) is 11.9. The SMILES string of the molecule is COc1cc(-c2cnc3ccc(N(COCC[Si](C)(C)C)c4nnc(C5CCCC5)s4)nc3c2)ccc1OCc1ccccc1. The molecular formula is C35H41N5O3SSi. The van der Waals surface area contributed by atoms with Crippen molar-refractivity contribution < 1.29 is 14.2 Å². The summed E-state index contributed by atoms with van der Waals surface area (Å²) in [5.41, 5.74) is 4.62. The first-order valence-corrected chi connectivity index (χ1v) is 20.2. The predicted octanol–water partition coefficient (Wildman–Crippen LogP) is 8.84. The van der Waals surface area contributed by atoms with Crippen LogP contribution in [0, 0.1) is 0 Å². The Balaban J connectivity index is 1.26. The number of benzene rings is 2. The van der Waals surface area contributed by atoms with Crippen LogP contribution in [-0.4, -0.2) is 48.7 Å². The van der Waals surface area contributed by atoms with Gasteiger partial charge in [0, 0.05) is 32.4 Å². The summed E-state index contributed by atoms with van der Waals surface area (Å²) in [6, 6.07) is 23.2. The average molecular weight is 640 g/mol. The molecule has 6 rings (SSSR count). The number of ether oxygens (including phenoxy) is 3. The molecule has 5 aromatic rings. The Morgan fingerprint density at radius 3 is 2.49 bits per heavy atom. The molecule has 0 atom stereocenters. The fraction of sp³-hybridized carbons (Fsp3) is 0.371. The van der Waals surface area contributed by atoms with Crippen LogP contribution < -0.4 is 14.4 Å². The molecule has 1 saturated carbocycles. The molecular weight excluding hydrogens is 599 g/mol. The molecule has 0 aliphatic heterocycles. The zero-order chi connectivity index (χ0) is 31.2. The molecule has 3 heterocycles. The maximum Gasteiger partial charge on any atom is 0.215 e. The molecule has 3 aromatic heterocycles. The van der Waals surface area contributed by atoms with Gasteiger partial charge in [0.05, 0.1) is 18.1 Å². The third-order valence-electron chi connectivity index (χ3n) is 8.12. The van der Waals surface area contributed by atoms with E-state index in [1.165, 1.54) is 25.7 Å². The van der Waals surface area contributed by atoms with Crippen molar-refractivity contribution >= 4 is 41.4 Å². The molecule has 45 heavy (non-hydrogen) atoms. The van der Waals surface area contributed by atoms with Crippen LogP contribution in [0.1, 0.15) is 42.2 Å². The maximum atomic E-state index is 6.22. The van der Waals surface area contributed by atoms with Crippen molar-refractivity contribution in [1.29, 1.82) is 0 Å². The van der Waals surface area contributed by atoms with Crippen LogP contribution >= 0.6 is 11.3 Å². The number of aromatic nitrogens is 4. The van der Waals surface area contributed by atoms with Gasteiger partial charge in [-0.15, -0.1) is 10.2 Å². The molecule has 10 heteroatoms. The second kappa shape index (κ2) is 14.1. The lowest BCUT2D eigenvalue weighted by Gasteiger charge is -2.22. The highest BCUT2D eigenvalue weighted by atomic mass is 32.1. The fourth-order valence-electron chi connectivity index (χ4n) is 5.43. The van der Waals surface area contributed by atoms with Crippen LogP contribution in [0.25, 0.3) is 22.2 Å². The van der Waals surface area contributed by atoms with E-state index in [-0.39, 0.29) is 0 Å². The lowest BCUT2D eigenvalue weighted by Crippen LogP contribution is -2.26. The number of rotatable bonds is 13. The largest absolute Gasteiger partial charge is 0.493 e. The first-order valence-electron chi connectivity index (χ1n) is 15.7. The molecule has 1 aliphatic carbocycles. The Hall–Kier alpha value is -3.86. The predicted molar refractivity (Wildman–Crippen MR) is 185 cm³/mol. The van der Waals surface area contributed by atoms with Gasteiger partial charge >= 0.3 is 0 Å². The second-order valence-electron chi connectivity index (χ2n) is 12.8. The van der Waals surface area contributed by atoms with Crippen LogP contribution in [0.2, 0.25) is 25.7 Å². The van der Waals surface area contributed by atoms with Crippen molar-refractivity contribution in [2.45, 2.75) is 63.9 Å². The average Bonchev–Trinajstić information content (AvgIpc) is 3.76. The van der Waals surface area contributed by atoms with Crippen molar-refractivity contribution in [2.75, 3.05) is 25.3 Å². The third-order valence-corrected chi connectivity index (χ3v) is 10.9. The van der Waals surface area contributed by atoms with Crippen molar-refractivity contribution in [3.05, 3.63) is 83.5 Å². The zero-order valence-electron chi connectivity index (χ0n) is 26.5. The highest BCUT2D eigenvalue weighted by molar-refractivity contribution is 7.15. The van der Waals surface area contributed by atoms with E-state index >= 15 is 0 Å². The smallest absolute Gasteiger partial charge is 0.215 e. The maximum absolute atomic E-state index is 6.22. The normalized spacial score (nSPS) is 13.8. The van der Waals surface area contributed by atoms with E-state index in [9.17, 15) is 0 Å². The van der Waals surface area contributed by atoms with Gasteiger partial charge in [-0.05, 0) is 60.3 Å². The van der Waals surface area contributed by atoms with E-state index in [0.717, 1.165) is 49.7 Å². The molecule has 0 saturated heterocycles. The summed E-state index contributed by atoms with van der Waals surface area (Å²) in [5, 5.41) is 11.1. The summed E-state index contributed by atoms with van der Waals surface area (Å²) in [6.45, 7) is 8.65. The molecule has 0 N–H and O–H groups in total. The lowest BCUT2D eigenvalue weighted by atomic mass is 10.1. The van der Waals surface area contributed by atoms with Gasteiger partial charge in [0.1, 0.15) is 24.2 Å². The van der Waals surface area contributed by atoms with Gasteiger partial charge in [-0.25, -0.2) is 4.98 Å². The molecule has 234 valence electrons. The Bertz CT molecular complexity index is 1720. The summed E-state index contributed by atoms with van der Waals surface area (Å²) in [6.07, 6.45) is 6.78. The van der Waals surface area contributed by atoms with Gasteiger partial charge in [-0.1, -0.05) is 80.2 Å². The van der Waals surface area contributed by atoms with Crippen LogP contribution in [0.4, 0.5) is 10.9 Å².